The van der Waals surface area contributed by atoms with E-state index in [2.05, 4.69) is 15.9 Å². The second-order valence-electron chi connectivity index (χ2n) is 5.08. The Hall–Kier alpha value is -2.28. The molecule has 0 spiro atoms. The van der Waals surface area contributed by atoms with Crippen LogP contribution in [0.4, 0.5) is 13.2 Å². The largest absolute Gasteiger partial charge is 0.487 e. The molecule has 0 saturated heterocycles. The highest BCUT2D eigenvalue weighted by atomic mass is 79.9. The Morgan fingerprint density at radius 1 is 1.00 bits per heavy atom. The van der Waals surface area contributed by atoms with Crippen LogP contribution in [0.3, 0.4) is 0 Å². The van der Waals surface area contributed by atoms with Crippen molar-refractivity contribution in [1.82, 2.24) is 0 Å². The van der Waals surface area contributed by atoms with Crippen molar-refractivity contribution in [1.29, 1.82) is 0 Å². The molecule has 0 N–H and O–H groups in total. The fourth-order valence-corrected chi connectivity index (χ4v) is 2.05. The number of hydrogen-bond acceptors (Lipinski definition) is 3. The number of allylic oxidation sites excluding steroid dienone is 1. The summed E-state index contributed by atoms with van der Waals surface area (Å²) in [4.78, 5) is 10.8. The zero-order chi connectivity index (χ0) is 18.4. The van der Waals surface area contributed by atoms with Crippen molar-refractivity contribution in [3.63, 3.8) is 0 Å². The minimum absolute atomic E-state index is 0.247. The van der Waals surface area contributed by atoms with Gasteiger partial charge in [0.05, 0.1) is 5.56 Å². The Bertz CT molecular complexity index is 738. The summed E-state index contributed by atoms with van der Waals surface area (Å²) in [6.45, 7) is 1.78. The van der Waals surface area contributed by atoms with Gasteiger partial charge in [-0.2, -0.15) is 13.2 Å². The lowest BCUT2D eigenvalue weighted by Gasteiger charge is -2.12. The van der Waals surface area contributed by atoms with E-state index in [1.165, 1.54) is 18.2 Å². The third kappa shape index (κ3) is 6.26. The number of rotatable bonds is 6. The smallest absolute Gasteiger partial charge is 0.416 e. The third-order valence-corrected chi connectivity index (χ3v) is 3.33. The van der Waals surface area contributed by atoms with Crippen LogP contribution in [0.2, 0.25) is 0 Å². The molecular weight excluding hydrogens is 401 g/mol. The van der Waals surface area contributed by atoms with Gasteiger partial charge in [-0.3, -0.25) is 4.79 Å². The summed E-state index contributed by atoms with van der Waals surface area (Å²) >= 11 is 2.78. The van der Waals surface area contributed by atoms with Crippen LogP contribution in [0.5, 0.6) is 17.2 Å². The Balaban J connectivity index is 1.97. The number of benzene rings is 2. The highest BCUT2D eigenvalue weighted by Gasteiger charge is 2.30. The van der Waals surface area contributed by atoms with E-state index in [1.54, 1.807) is 37.3 Å². The van der Waals surface area contributed by atoms with Gasteiger partial charge in [-0.1, -0.05) is 0 Å². The molecule has 0 aliphatic carbocycles. The Labute approximate surface area is 151 Å². The van der Waals surface area contributed by atoms with Gasteiger partial charge in [-0.25, -0.2) is 0 Å². The van der Waals surface area contributed by atoms with E-state index in [-0.39, 0.29) is 10.8 Å². The van der Waals surface area contributed by atoms with E-state index >= 15 is 0 Å². The van der Waals surface area contributed by atoms with E-state index in [9.17, 15) is 18.0 Å². The molecule has 2 aromatic rings. The van der Waals surface area contributed by atoms with Crippen molar-refractivity contribution in [2.45, 2.75) is 19.2 Å². The van der Waals surface area contributed by atoms with Gasteiger partial charge in [0.15, 0.2) is 0 Å². The van der Waals surface area contributed by atoms with Crippen LogP contribution in [-0.2, 0) is 11.0 Å². The van der Waals surface area contributed by atoms with Crippen molar-refractivity contribution < 1.29 is 27.4 Å². The molecule has 7 heteroatoms. The van der Waals surface area contributed by atoms with Crippen molar-refractivity contribution in [3.05, 3.63) is 66.2 Å². The van der Waals surface area contributed by atoms with Crippen LogP contribution in [0.1, 0.15) is 12.5 Å². The molecule has 0 amide bonds. The first-order valence-electron chi connectivity index (χ1n) is 7.23. The molecule has 0 aliphatic rings. The first-order chi connectivity index (χ1) is 11.7. The lowest BCUT2D eigenvalue weighted by Crippen LogP contribution is -2.08. The summed E-state index contributed by atoms with van der Waals surface area (Å²) in [7, 11) is 0. The molecule has 25 heavy (non-hydrogen) atoms. The summed E-state index contributed by atoms with van der Waals surface area (Å²) in [5.74, 6) is 1.33. The molecule has 2 rings (SSSR count). The summed E-state index contributed by atoms with van der Waals surface area (Å²) in [6.07, 6.45) is -1.72. The number of carbonyl (C=O) groups excluding carboxylic acids is 1. The lowest BCUT2D eigenvalue weighted by atomic mass is 10.2. The summed E-state index contributed by atoms with van der Waals surface area (Å²) in [5, 5.41) is 0. The first-order valence-corrected chi connectivity index (χ1v) is 8.03. The molecule has 3 nitrogen and oxygen atoms in total. The number of hydrogen-bond donors (Lipinski definition) is 0. The number of ether oxygens (including phenoxy) is 2. The third-order valence-electron chi connectivity index (χ3n) is 3.06. The van der Waals surface area contributed by atoms with Gasteiger partial charge in [-0.15, -0.1) is 0 Å². The molecule has 0 aliphatic heterocycles. The predicted molar refractivity (Wildman–Crippen MR) is 91.1 cm³/mol. The van der Waals surface area contributed by atoms with Gasteiger partial charge < -0.3 is 9.47 Å². The average Bonchev–Trinajstić information content (AvgIpc) is 2.54. The molecule has 132 valence electrons. The maximum Gasteiger partial charge on any atom is 0.416 e. The standard InChI is InChI=1S/C18H14BrF3O3/c1-12(2-11-17(19)23)24-14-7-9-16(10-8-14)25-15-5-3-13(4-6-15)18(20,21)22/h2-12H,1H3/b11-2+. The van der Waals surface area contributed by atoms with Crippen LogP contribution < -0.4 is 9.47 Å². The van der Waals surface area contributed by atoms with E-state index < -0.39 is 11.7 Å². The van der Waals surface area contributed by atoms with Crippen LogP contribution in [-0.4, -0.2) is 10.8 Å². The van der Waals surface area contributed by atoms with Crippen LogP contribution >= 0.6 is 15.9 Å². The van der Waals surface area contributed by atoms with E-state index in [4.69, 9.17) is 9.47 Å². The minimum Gasteiger partial charge on any atom is -0.487 e. The van der Waals surface area contributed by atoms with E-state index in [0.29, 0.717) is 17.2 Å². The summed E-state index contributed by atoms with van der Waals surface area (Å²) < 4.78 is 48.4. The fourth-order valence-electron chi connectivity index (χ4n) is 1.90. The fraction of sp³-hybridized carbons (Fsp3) is 0.167. The highest BCUT2D eigenvalue weighted by Crippen LogP contribution is 2.31. The van der Waals surface area contributed by atoms with Crippen LogP contribution in [0, 0.1) is 0 Å². The van der Waals surface area contributed by atoms with Gasteiger partial charge in [0.25, 0.3) is 0 Å². The maximum absolute atomic E-state index is 12.5. The van der Waals surface area contributed by atoms with Crippen molar-refractivity contribution in [2.24, 2.45) is 0 Å². The molecule has 0 heterocycles. The Morgan fingerprint density at radius 2 is 1.48 bits per heavy atom. The first kappa shape index (κ1) is 19.1. The average molecular weight is 415 g/mol. The molecule has 0 fully saturated rings. The monoisotopic (exact) mass is 414 g/mol. The molecule has 1 unspecified atom stereocenters. The van der Waals surface area contributed by atoms with Gasteiger partial charge in [0, 0.05) is 0 Å². The number of halogens is 4. The highest BCUT2D eigenvalue weighted by molar-refractivity contribution is 9.18. The molecule has 1 atom stereocenters. The molecular formula is C18H14BrF3O3. The lowest BCUT2D eigenvalue weighted by molar-refractivity contribution is -0.137. The predicted octanol–water partition coefficient (Wildman–Crippen LogP) is 5.74. The maximum atomic E-state index is 12.5. The van der Waals surface area contributed by atoms with Crippen molar-refractivity contribution in [3.8, 4) is 17.2 Å². The summed E-state index contributed by atoms with van der Waals surface area (Å²) in [5.41, 5.74) is -0.729. The Morgan fingerprint density at radius 3 is 1.96 bits per heavy atom. The molecule has 0 bridgehead atoms. The van der Waals surface area contributed by atoms with Gasteiger partial charge in [-0.05, 0) is 83.5 Å². The Kier molecular flexibility index (Phi) is 6.25. The zero-order valence-electron chi connectivity index (χ0n) is 13.1. The SMILES string of the molecule is CC(/C=C/C(=O)Br)Oc1ccc(Oc2ccc(C(F)(F)F)cc2)cc1. The minimum atomic E-state index is -4.37. The number of alkyl halides is 3. The molecule has 0 aromatic heterocycles. The van der Waals surface area contributed by atoms with Crippen molar-refractivity contribution >= 4 is 20.6 Å². The molecule has 0 radical (unpaired) electrons. The van der Waals surface area contributed by atoms with Crippen LogP contribution in [0.25, 0.3) is 0 Å². The summed E-state index contributed by atoms with van der Waals surface area (Å²) in [6, 6.07) is 11.1. The second-order valence-corrected chi connectivity index (χ2v) is 5.86. The second kappa shape index (κ2) is 8.20. The normalized spacial score (nSPS) is 12.8. The number of carbonyl (C=O) groups is 1. The van der Waals surface area contributed by atoms with Crippen LogP contribution in [0.15, 0.2) is 60.7 Å². The van der Waals surface area contributed by atoms with E-state index in [0.717, 1.165) is 12.1 Å². The van der Waals surface area contributed by atoms with Gasteiger partial charge in [0.1, 0.15) is 23.4 Å². The van der Waals surface area contributed by atoms with Crippen molar-refractivity contribution in [2.75, 3.05) is 0 Å². The quantitative estimate of drug-likeness (QED) is 0.446. The topological polar surface area (TPSA) is 35.5 Å². The van der Waals surface area contributed by atoms with Gasteiger partial charge in [0.2, 0.25) is 4.69 Å². The molecule has 0 saturated carbocycles. The van der Waals surface area contributed by atoms with E-state index in [1.807, 2.05) is 0 Å². The zero-order valence-corrected chi connectivity index (χ0v) is 14.7. The van der Waals surface area contributed by atoms with Gasteiger partial charge >= 0.3 is 6.18 Å². The molecule has 2 aromatic carbocycles.